The highest BCUT2D eigenvalue weighted by Gasteiger charge is 2.50. The zero-order valence-electron chi connectivity index (χ0n) is 13.0. The van der Waals surface area contributed by atoms with Gasteiger partial charge in [0.05, 0.1) is 11.5 Å². The minimum Gasteiger partial charge on any atom is -0.368 e. The number of sulfone groups is 1. The van der Waals surface area contributed by atoms with E-state index in [0.29, 0.717) is 13.0 Å². The summed E-state index contributed by atoms with van der Waals surface area (Å²) in [5.41, 5.74) is 5.00. The average Bonchev–Trinajstić information content (AvgIpc) is 3.18. The number of nitrogens with two attached hydrogens (primary N) is 1. The zero-order valence-corrected chi connectivity index (χ0v) is 13.8. The Morgan fingerprint density at radius 2 is 2.05 bits per heavy atom. The van der Waals surface area contributed by atoms with E-state index in [4.69, 9.17) is 5.73 Å². The standard InChI is InChI=1S/C14H27N3O3S/c1-3-7-16-14(13(15)18,11-4-5-11)10-17(2)12-6-8-21(19,20)9-12/h11-12,16H,3-10H2,1-2H3,(H2,15,18). The molecule has 2 rings (SSSR count). The summed E-state index contributed by atoms with van der Waals surface area (Å²) in [4.78, 5) is 14.1. The van der Waals surface area contributed by atoms with Crippen LogP contribution in [0, 0.1) is 5.92 Å². The predicted octanol–water partition coefficient (Wildman–Crippen LogP) is -0.261. The van der Waals surface area contributed by atoms with Crippen LogP contribution in [0.3, 0.4) is 0 Å². The number of carbonyl (C=O) groups excluding carboxylic acids is 1. The van der Waals surface area contributed by atoms with Gasteiger partial charge in [-0.2, -0.15) is 0 Å². The molecule has 122 valence electrons. The Kier molecular flexibility index (Phi) is 4.95. The maximum atomic E-state index is 12.1. The summed E-state index contributed by atoms with van der Waals surface area (Å²) in [5.74, 6) is 0.405. The third-order valence-corrected chi connectivity index (χ3v) is 6.49. The summed E-state index contributed by atoms with van der Waals surface area (Å²) in [6, 6.07) is -0.00379. The Morgan fingerprint density at radius 3 is 2.48 bits per heavy atom. The topological polar surface area (TPSA) is 92.5 Å². The van der Waals surface area contributed by atoms with Crippen molar-refractivity contribution in [2.24, 2.45) is 11.7 Å². The first-order valence-corrected chi connectivity index (χ1v) is 9.58. The van der Waals surface area contributed by atoms with Crippen LogP contribution in [0.25, 0.3) is 0 Å². The molecule has 6 nitrogen and oxygen atoms in total. The van der Waals surface area contributed by atoms with Crippen LogP contribution in [-0.2, 0) is 14.6 Å². The fraction of sp³-hybridized carbons (Fsp3) is 0.929. The molecule has 1 aliphatic heterocycles. The summed E-state index contributed by atoms with van der Waals surface area (Å²) in [6.45, 7) is 3.29. The lowest BCUT2D eigenvalue weighted by molar-refractivity contribution is -0.126. The lowest BCUT2D eigenvalue weighted by Gasteiger charge is -2.37. The van der Waals surface area contributed by atoms with E-state index in [9.17, 15) is 13.2 Å². The van der Waals surface area contributed by atoms with Crippen LogP contribution in [0.5, 0.6) is 0 Å². The van der Waals surface area contributed by atoms with E-state index in [1.165, 1.54) is 0 Å². The van der Waals surface area contributed by atoms with E-state index in [0.717, 1.165) is 25.8 Å². The van der Waals surface area contributed by atoms with Gasteiger partial charge in [0.15, 0.2) is 9.84 Å². The average molecular weight is 317 g/mol. The van der Waals surface area contributed by atoms with Gasteiger partial charge >= 0.3 is 0 Å². The van der Waals surface area contributed by atoms with Gasteiger partial charge in [0, 0.05) is 12.6 Å². The second-order valence-electron chi connectivity index (χ2n) is 6.51. The van der Waals surface area contributed by atoms with Gasteiger partial charge in [0.1, 0.15) is 5.54 Å². The summed E-state index contributed by atoms with van der Waals surface area (Å²) < 4.78 is 23.3. The first-order chi connectivity index (χ1) is 9.81. The highest BCUT2D eigenvalue weighted by molar-refractivity contribution is 7.91. The van der Waals surface area contributed by atoms with E-state index in [-0.39, 0.29) is 29.4 Å². The van der Waals surface area contributed by atoms with E-state index >= 15 is 0 Å². The molecule has 1 saturated carbocycles. The Labute approximate surface area is 127 Å². The molecule has 1 aliphatic carbocycles. The molecule has 2 aliphatic rings. The van der Waals surface area contributed by atoms with Gasteiger partial charge in [0.2, 0.25) is 5.91 Å². The molecule has 2 fully saturated rings. The van der Waals surface area contributed by atoms with Crippen molar-refractivity contribution in [3.05, 3.63) is 0 Å². The number of nitrogens with one attached hydrogen (secondary N) is 1. The fourth-order valence-corrected chi connectivity index (χ4v) is 5.07. The van der Waals surface area contributed by atoms with Gasteiger partial charge in [0.25, 0.3) is 0 Å². The van der Waals surface area contributed by atoms with Crippen molar-refractivity contribution in [2.75, 3.05) is 31.6 Å². The van der Waals surface area contributed by atoms with Gasteiger partial charge in [-0.15, -0.1) is 0 Å². The Bertz CT molecular complexity index is 490. The minimum atomic E-state index is -2.92. The Hall–Kier alpha value is -0.660. The number of nitrogens with zero attached hydrogens (tertiary/aromatic N) is 1. The van der Waals surface area contributed by atoms with Crippen LogP contribution in [0.15, 0.2) is 0 Å². The minimum absolute atomic E-state index is 0.00379. The van der Waals surface area contributed by atoms with Crippen LogP contribution >= 0.6 is 0 Å². The molecule has 1 saturated heterocycles. The molecule has 1 heterocycles. The number of rotatable bonds is 8. The van der Waals surface area contributed by atoms with Gasteiger partial charge in [-0.05, 0) is 45.2 Å². The maximum Gasteiger partial charge on any atom is 0.239 e. The highest BCUT2D eigenvalue weighted by atomic mass is 32.2. The highest BCUT2D eigenvalue weighted by Crippen LogP contribution is 2.40. The van der Waals surface area contributed by atoms with Crippen molar-refractivity contribution >= 4 is 15.7 Å². The number of amides is 1. The molecule has 21 heavy (non-hydrogen) atoms. The predicted molar refractivity (Wildman–Crippen MR) is 82.6 cm³/mol. The molecule has 0 bridgehead atoms. The van der Waals surface area contributed by atoms with Gasteiger partial charge in [-0.1, -0.05) is 6.92 Å². The molecule has 0 aromatic rings. The number of hydrogen-bond donors (Lipinski definition) is 2. The van der Waals surface area contributed by atoms with Gasteiger partial charge < -0.3 is 11.1 Å². The SMILES string of the molecule is CCCNC(CN(C)C1CCS(=O)(=O)C1)(C(N)=O)C1CC1. The normalized spacial score (nSPS) is 27.7. The van der Waals surface area contributed by atoms with Crippen molar-refractivity contribution in [3.8, 4) is 0 Å². The molecule has 2 unspecified atom stereocenters. The molecule has 0 radical (unpaired) electrons. The number of likely N-dealkylation sites (N-methyl/N-ethyl adjacent to an activating group) is 1. The Balaban J connectivity index is 2.09. The third kappa shape index (κ3) is 3.76. The lowest BCUT2D eigenvalue weighted by Crippen LogP contribution is -2.64. The van der Waals surface area contributed by atoms with E-state index in [1.54, 1.807) is 0 Å². The molecule has 0 aromatic heterocycles. The molecule has 1 amide bonds. The largest absolute Gasteiger partial charge is 0.368 e. The summed E-state index contributed by atoms with van der Waals surface area (Å²) in [6.07, 6.45) is 3.60. The van der Waals surface area contributed by atoms with Crippen molar-refractivity contribution in [1.82, 2.24) is 10.2 Å². The van der Waals surface area contributed by atoms with E-state index in [1.807, 2.05) is 11.9 Å². The van der Waals surface area contributed by atoms with E-state index in [2.05, 4.69) is 12.2 Å². The Morgan fingerprint density at radius 1 is 1.38 bits per heavy atom. The lowest BCUT2D eigenvalue weighted by atomic mass is 9.90. The van der Waals surface area contributed by atoms with E-state index < -0.39 is 15.4 Å². The number of primary amides is 1. The monoisotopic (exact) mass is 317 g/mol. The number of hydrogen-bond acceptors (Lipinski definition) is 5. The maximum absolute atomic E-state index is 12.1. The number of carbonyl (C=O) groups is 1. The van der Waals surface area contributed by atoms with Crippen LogP contribution in [0.4, 0.5) is 0 Å². The molecule has 0 spiro atoms. The van der Waals surface area contributed by atoms with Crippen molar-refractivity contribution < 1.29 is 13.2 Å². The zero-order chi connectivity index (χ0) is 15.7. The molecular weight excluding hydrogens is 290 g/mol. The van der Waals surface area contributed by atoms with Crippen molar-refractivity contribution in [1.29, 1.82) is 0 Å². The summed E-state index contributed by atoms with van der Waals surface area (Å²) >= 11 is 0. The first kappa shape index (κ1) is 16.7. The summed E-state index contributed by atoms with van der Waals surface area (Å²) in [7, 11) is -1.01. The van der Waals surface area contributed by atoms with Crippen molar-refractivity contribution in [3.63, 3.8) is 0 Å². The quantitative estimate of drug-likeness (QED) is 0.643. The third-order valence-electron chi connectivity index (χ3n) is 4.73. The van der Waals surface area contributed by atoms with Crippen LogP contribution in [-0.4, -0.2) is 62.4 Å². The molecule has 2 atom stereocenters. The van der Waals surface area contributed by atoms with Crippen LogP contribution < -0.4 is 11.1 Å². The first-order valence-electron chi connectivity index (χ1n) is 7.76. The second kappa shape index (κ2) is 6.22. The van der Waals surface area contributed by atoms with Gasteiger partial charge in [-0.3, -0.25) is 9.69 Å². The van der Waals surface area contributed by atoms with Crippen LogP contribution in [0.1, 0.15) is 32.6 Å². The smallest absolute Gasteiger partial charge is 0.239 e. The summed E-state index contributed by atoms with van der Waals surface area (Å²) in [5, 5.41) is 3.35. The van der Waals surface area contributed by atoms with Crippen LogP contribution in [0.2, 0.25) is 0 Å². The van der Waals surface area contributed by atoms with Gasteiger partial charge in [-0.25, -0.2) is 8.42 Å². The van der Waals surface area contributed by atoms with Crippen molar-refractivity contribution in [2.45, 2.75) is 44.2 Å². The fourth-order valence-electron chi connectivity index (χ4n) is 3.27. The molecule has 0 aromatic carbocycles. The second-order valence-corrected chi connectivity index (χ2v) is 8.74. The molecular formula is C14H27N3O3S. The molecule has 7 heteroatoms. The molecule has 3 N–H and O–H groups in total.